The van der Waals surface area contributed by atoms with Gasteiger partial charge in [-0.2, -0.15) is 0 Å². The van der Waals surface area contributed by atoms with Crippen LogP contribution < -0.4 is 10.2 Å². The van der Waals surface area contributed by atoms with Crippen molar-refractivity contribution in [3.63, 3.8) is 0 Å². The van der Waals surface area contributed by atoms with Gasteiger partial charge in [0.1, 0.15) is 0 Å². The smallest absolute Gasteiger partial charge is 0.255 e. The van der Waals surface area contributed by atoms with Gasteiger partial charge in [0.05, 0.1) is 17.9 Å². The summed E-state index contributed by atoms with van der Waals surface area (Å²) < 4.78 is 24.8. The molecule has 0 saturated carbocycles. The maximum atomic E-state index is 12.4. The lowest BCUT2D eigenvalue weighted by Gasteiger charge is -2.23. The molecule has 1 aromatic carbocycles. The normalized spacial score (nSPS) is 15.8. The fraction of sp³-hybridized carbons (Fsp3) is 0.455. The first kappa shape index (κ1) is 10.2. The van der Waals surface area contributed by atoms with E-state index in [1.165, 1.54) is 0 Å². The first-order chi connectivity index (χ1) is 7.27. The summed E-state index contributed by atoms with van der Waals surface area (Å²) >= 11 is 0. The highest BCUT2D eigenvalue weighted by Crippen LogP contribution is 2.28. The van der Waals surface area contributed by atoms with Crippen LogP contribution in [0.4, 0.5) is 20.2 Å². The first-order valence-corrected chi connectivity index (χ1v) is 5.13. The highest BCUT2D eigenvalue weighted by molar-refractivity contribution is 5.70. The fourth-order valence-corrected chi connectivity index (χ4v) is 1.87. The summed E-state index contributed by atoms with van der Waals surface area (Å²) in [7, 11) is 0. The average molecular weight is 212 g/mol. The predicted molar refractivity (Wildman–Crippen MR) is 57.8 cm³/mol. The number of rotatable bonds is 2. The largest absolute Gasteiger partial charge is 0.383 e. The van der Waals surface area contributed by atoms with Crippen LogP contribution in [-0.4, -0.2) is 26.1 Å². The van der Waals surface area contributed by atoms with Crippen molar-refractivity contribution in [3.05, 3.63) is 24.3 Å². The fourth-order valence-electron chi connectivity index (χ4n) is 1.87. The van der Waals surface area contributed by atoms with Crippen LogP contribution in [0, 0.1) is 0 Å². The molecule has 0 fully saturated rings. The van der Waals surface area contributed by atoms with Crippen molar-refractivity contribution < 1.29 is 8.78 Å². The summed E-state index contributed by atoms with van der Waals surface area (Å²) in [5.41, 5.74) is 1.84. The second kappa shape index (κ2) is 4.47. The van der Waals surface area contributed by atoms with Gasteiger partial charge in [0.25, 0.3) is 6.43 Å². The Bertz CT molecular complexity index is 328. The van der Waals surface area contributed by atoms with Crippen molar-refractivity contribution >= 4 is 11.4 Å². The molecule has 1 heterocycles. The molecule has 2 rings (SSSR count). The highest BCUT2D eigenvalue weighted by atomic mass is 19.3. The van der Waals surface area contributed by atoms with Gasteiger partial charge >= 0.3 is 0 Å². The second-order valence-electron chi connectivity index (χ2n) is 3.63. The van der Waals surface area contributed by atoms with Crippen molar-refractivity contribution in [2.75, 3.05) is 29.9 Å². The third-order valence-corrected chi connectivity index (χ3v) is 2.52. The van der Waals surface area contributed by atoms with Gasteiger partial charge in [-0.25, -0.2) is 8.78 Å². The van der Waals surface area contributed by atoms with Gasteiger partial charge in [0.15, 0.2) is 0 Å². The van der Waals surface area contributed by atoms with E-state index in [0.717, 1.165) is 24.3 Å². The summed E-state index contributed by atoms with van der Waals surface area (Å²) in [5, 5.41) is 3.24. The Balaban J connectivity index is 2.24. The first-order valence-electron chi connectivity index (χ1n) is 5.13. The summed E-state index contributed by atoms with van der Waals surface area (Å²) in [5.74, 6) is 0. The molecular weight excluding hydrogens is 198 g/mol. The van der Waals surface area contributed by atoms with Crippen LogP contribution in [0.15, 0.2) is 24.3 Å². The number of anilines is 2. The molecule has 0 radical (unpaired) electrons. The Morgan fingerprint density at radius 3 is 2.93 bits per heavy atom. The predicted octanol–water partition coefficient (Wildman–Crippen LogP) is 2.57. The van der Waals surface area contributed by atoms with Gasteiger partial charge < -0.3 is 10.2 Å². The Hall–Kier alpha value is -1.32. The zero-order valence-corrected chi connectivity index (χ0v) is 8.42. The highest BCUT2D eigenvalue weighted by Gasteiger charge is 2.17. The van der Waals surface area contributed by atoms with E-state index in [0.29, 0.717) is 6.54 Å². The molecule has 0 amide bonds. The SMILES string of the molecule is FC(F)CN1CCCNc2ccccc21. The molecule has 1 aliphatic rings. The van der Waals surface area contributed by atoms with Gasteiger partial charge in [-0.15, -0.1) is 0 Å². The van der Waals surface area contributed by atoms with E-state index in [2.05, 4.69) is 5.32 Å². The molecule has 15 heavy (non-hydrogen) atoms. The molecule has 4 heteroatoms. The lowest BCUT2D eigenvalue weighted by Crippen LogP contribution is -2.29. The Morgan fingerprint density at radius 1 is 1.33 bits per heavy atom. The van der Waals surface area contributed by atoms with Crippen molar-refractivity contribution in [3.8, 4) is 0 Å². The molecule has 0 bridgehead atoms. The number of para-hydroxylation sites is 2. The topological polar surface area (TPSA) is 15.3 Å². The average Bonchev–Trinajstić information content (AvgIpc) is 2.41. The quantitative estimate of drug-likeness (QED) is 0.810. The Labute approximate surface area is 87.9 Å². The molecule has 2 nitrogen and oxygen atoms in total. The number of benzene rings is 1. The van der Waals surface area contributed by atoms with E-state index in [4.69, 9.17) is 0 Å². The van der Waals surface area contributed by atoms with Crippen molar-refractivity contribution in [1.29, 1.82) is 0 Å². The molecule has 0 saturated heterocycles. The molecule has 1 aliphatic heterocycles. The third kappa shape index (κ3) is 2.37. The van der Waals surface area contributed by atoms with E-state index in [1.54, 1.807) is 4.90 Å². The Kier molecular flexibility index (Phi) is 3.04. The van der Waals surface area contributed by atoms with Crippen molar-refractivity contribution in [2.45, 2.75) is 12.8 Å². The standard InChI is InChI=1S/C11H14F2N2/c12-11(13)8-15-7-3-6-14-9-4-1-2-5-10(9)15/h1-2,4-5,11,14H,3,6-8H2. The summed E-state index contributed by atoms with van der Waals surface area (Å²) in [6, 6.07) is 7.61. The molecule has 0 aromatic heterocycles. The van der Waals surface area contributed by atoms with Gasteiger partial charge in [-0.1, -0.05) is 12.1 Å². The van der Waals surface area contributed by atoms with E-state index in [-0.39, 0.29) is 6.54 Å². The number of nitrogens with zero attached hydrogens (tertiary/aromatic N) is 1. The molecule has 0 unspecified atom stereocenters. The zero-order chi connectivity index (χ0) is 10.7. The molecule has 0 spiro atoms. The lowest BCUT2D eigenvalue weighted by atomic mass is 10.2. The van der Waals surface area contributed by atoms with Gasteiger partial charge in [0, 0.05) is 13.1 Å². The number of hydrogen-bond donors (Lipinski definition) is 1. The maximum Gasteiger partial charge on any atom is 0.255 e. The summed E-state index contributed by atoms with van der Waals surface area (Å²) in [6.07, 6.45) is -1.39. The molecule has 82 valence electrons. The molecule has 0 aliphatic carbocycles. The number of alkyl halides is 2. The van der Waals surface area contributed by atoms with E-state index in [1.807, 2.05) is 24.3 Å². The van der Waals surface area contributed by atoms with Gasteiger partial charge in [-0.05, 0) is 18.6 Å². The van der Waals surface area contributed by atoms with Crippen LogP contribution in [-0.2, 0) is 0 Å². The van der Waals surface area contributed by atoms with E-state index < -0.39 is 6.43 Å². The minimum absolute atomic E-state index is 0.182. The van der Waals surface area contributed by atoms with Crippen molar-refractivity contribution in [2.24, 2.45) is 0 Å². The van der Waals surface area contributed by atoms with Crippen LogP contribution in [0.5, 0.6) is 0 Å². The summed E-state index contributed by atoms with van der Waals surface area (Å²) in [6.45, 7) is 1.35. The third-order valence-electron chi connectivity index (χ3n) is 2.52. The van der Waals surface area contributed by atoms with Crippen LogP contribution in [0.1, 0.15) is 6.42 Å². The zero-order valence-electron chi connectivity index (χ0n) is 8.42. The number of nitrogens with one attached hydrogen (secondary N) is 1. The van der Waals surface area contributed by atoms with E-state index >= 15 is 0 Å². The van der Waals surface area contributed by atoms with Crippen LogP contribution in [0.25, 0.3) is 0 Å². The maximum absolute atomic E-state index is 12.4. The number of fused-ring (bicyclic) bond motifs is 1. The summed E-state index contributed by atoms with van der Waals surface area (Å²) in [4.78, 5) is 1.75. The minimum atomic E-state index is -2.28. The number of hydrogen-bond acceptors (Lipinski definition) is 2. The molecule has 0 atom stereocenters. The van der Waals surface area contributed by atoms with Crippen LogP contribution in [0.2, 0.25) is 0 Å². The monoisotopic (exact) mass is 212 g/mol. The van der Waals surface area contributed by atoms with Gasteiger partial charge in [0.2, 0.25) is 0 Å². The van der Waals surface area contributed by atoms with E-state index in [9.17, 15) is 8.78 Å². The van der Waals surface area contributed by atoms with Crippen LogP contribution >= 0.6 is 0 Å². The second-order valence-corrected chi connectivity index (χ2v) is 3.63. The van der Waals surface area contributed by atoms with Crippen LogP contribution in [0.3, 0.4) is 0 Å². The van der Waals surface area contributed by atoms with Crippen molar-refractivity contribution in [1.82, 2.24) is 0 Å². The molecule has 1 aromatic rings. The molecule has 1 N–H and O–H groups in total. The number of halogens is 2. The van der Waals surface area contributed by atoms with Gasteiger partial charge in [-0.3, -0.25) is 0 Å². The lowest BCUT2D eigenvalue weighted by molar-refractivity contribution is 0.155. The molecular formula is C11H14F2N2. The Morgan fingerprint density at radius 2 is 2.13 bits per heavy atom. The minimum Gasteiger partial charge on any atom is -0.383 e.